The number of rotatable bonds is 3. The van der Waals surface area contributed by atoms with Gasteiger partial charge in [-0.3, -0.25) is 5.73 Å². The molecule has 4 nitrogen and oxygen atoms in total. The van der Waals surface area contributed by atoms with Crippen molar-refractivity contribution in [2.75, 3.05) is 4.90 Å². The smallest absolute Gasteiger partial charge is 0.141 e. The summed E-state index contributed by atoms with van der Waals surface area (Å²) in [6.07, 6.45) is -0.854. The highest BCUT2D eigenvalue weighted by Crippen LogP contribution is 2.40. The van der Waals surface area contributed by atoms with E-state index in [9.17, 15) is 4.39 Å². The van der Waals surface area contributed by atoms with Crippen LogP contribution in [-0.2, 0) is 6.54 Å². The molecule has 2 atom stereocenters. The third-order valence-electron chi connectivity index (χ3n) is 4.77. The number of hydrogen-bond donors (Lipinski definition) is 2. The van der Waals surface area contributed by atoms with E-state index >= 15 is 0 Å². The van der Waals surface area contributed by atoms with E-state index in [-0.39, 0.29) is 12.0 Å². The quantitative estimate of drug-likeness (QED) is 0.758. The van der Waals surface area contributed by atoms with Gasteiger partial charge in [-0.1, -0.05) is 54.6 Å². The predicted octanol–water partition coefficient (Wildman–Crippen LogP) is 3.68. The number of nitrogens with zero attached hydrogens (tertiary/aromatic N) is 2. The fourth-order valence-corrected chi connectivity index (χ4v) is 3.49. The highest BCUT2D eigenvalue weighted by atomic mass is 19.1. The molecule has 4 rings (SSSR count). The van der Waals surface area contributed by atoms with Crippen LogP contribution in [0.15, 0.2) is 78.9 Å². The molecule has 0 amide bonds. The Morgan fingerprint density at radius 2 is 1.58 bits per heavy atom. The van der Waals surface area contributed by atoms with E-state index in [4.69, 9.17) is 11.5 Å². The van der Waals surface area contributed by atoms with Crippen LogP contribution in [0.4, 0.5) is 15.8 Å². The summed E-state index contributed by atoms with van der Waals surface area (Å²) in [4.78, 5) is 3.95. The van der Waals surface area contributed by atoms with Crippen molar-refractivity contribution in [1.82, 2.24) is 4.90 Å². The van der Waals surface area contributed by atoms with Crippen LogP contribution in [0.5, 0.6) is 0 Å². The molecule has 0 aromatic heterocycles. The van der Waals surface area contributed by atoms with Gasteiger partial charge in [0.15, 0.2) is 0 Å². The lowest BCUT2D eigenvalue weighted by Crippen LogP contribution is -2.58. The molecule has 0 bridgehead atoms. The van der Waals surface area contributed by atoms with Crippen molar-refractivity contribution in [1.29, 1.82) is 0 Å². The lowest BCUT2D eigenvalue weighted by atomic mass is 10.0. The van der Waals surface area contributed by atoms with Crippen LogP contribution < -0.4 is 16.4 Å². The molecule has 132 valence electrons. The van der Waals surface area contributed by atoms with Gasteiger partial charge in [-0.05, 0) is 29.8 Å². The van der Waals surface area contributed by atoms with E-state index in [1.54, 1.807) is 6.07 Å². The Hall–Kier alpha value is -2.73. The van der Waals surface area contributed by atoms with Crippen molar-refractivity contribution in [3.63, 3.8) is 0 Å². The van der Waals surface area contributed by atoms with Crippen LogP contribution in [0.1, 0.15) is 17.3 Å². The van der Waals surface area contributed by atoms with Crippen LogP contribution in [0.25, 0.3) is 0 Å². The van der Waals surface area contributed by atoms with E-state index in [0.29, 0.717) is 12.2 Å². The van der Waals surface area contributed by atoms with Crippen LogP contribution in [0.3, 0.4) is 0 Å². The number of para-hydroxylation sites is 1. The van der Waals surface area contributed by atoms with Gasteiger partial charge in [-0.25, -0.2) is 9.29 Å². The van der Waals surface area contributed by atoms with Crippen molar-refractivity contribution in [2.24, 2.45) is 11.5 Å². The Balaban J connectivity index is 1.79. The second-order valence-corrected chi connectivity index (χ2v) is 6.43. The number of nitrogens with two attached hydrogens (primary N) is 2. The summed E-state index contributed by atoms with van der Waals surface area (Å²) in [7, 11) is 0. The predicted molar refractivity (Wildman–Crippen MR) is 102 cm³/mol. The third kappa shape index (κ3) is 2.97. The third-order valence-corrected chi connectivity index (χ3v) is 4.77. The summed E-state index contributed by atoms with van der Waals surface area (Å²) >= 11 is 0. The van der Waals surface area contributed by atoms with Crippen molar-refractivity contribution in [3.8, 4) is 0 Å². The maximum Gasteiger partial charge on any atom is 0.141 e. The van der Waals surface area contributed by atoms with Gasteiger partial charge in [0, 0.05) is 23.5 Å². The number of halogens is 1. The van der Waals surface area contributed by atoms with E-state index in [1.165, 1.54) is 12.1 Å². The fourth-order valence-electron chi connectivity index (χ4n) is 3.49. The molecule has 0 saturated heterocycles. The van der Waals surface area contributed by atoms with Gasteiger partial charge in [0.25, 0.3) is 0 Å². The first-order valence-corrected chi connectivity index (χ1v) is 8.60. The van der Waals surface area contributed by atoms with E-state index in [0.717, 1.165) is 16.8 Å². The van der Waals surface area contributed by atoms with Gasteiger partial charge >= 0.3 is 0 Å². The molecule has 1 aliphatic heterocycles. The minimum absolute atomic E-state index is 0.295. The second kappa shape index (κ2) is 6.88. The summed E-state index contributed by atoms with van der Waals surface area (Å²) in [6, 6.07) is 24.4. The average Bonchev–Trinajstić information content (AvgIpc) is 2.66. The van der Waals surface area contributed by atoms with Crippen molar-refractivity contribution >= 4 is 11.4 Å². The molecular formula is C21H21FN4. The molecule has 1 aliphatic rings. The number of anilines is 2. The van der Waals surface area contributed by atoms with Crippen molar-refractivity contribution in [3.05, 3.63) is 95.8 Å². The zero-order valence-corrected chi connectivity index (χ0v) is 14.3. The van der Waals surface area contributed by atoms with Gasteiger partial charge in [0.05, 0.1) is 6.17 Å². The van der Waals surface area contributed by atoms with Gasteiger partial charge in [-0.2, -0.15) is 0 Å². The number of benzene rings is 3. The lowest BCUT2D eigenvalue weighted by Gasteiger charge is -2.47. The first-order chi connectivity index (χ1) is 12.6. The normalized spacial score (nSPS) is 20.0. The van der Waals surface area contributed by atoms with E-state index in [2.05, 4.69) is 0 Å². The van der Waals surface area contributed by atoms with Gasteiger partial charge < -0.3 is 10.6 Å². The molecular weight excluding hydrogens is 327 g/mol. The zero-order valence-electron chi connectivity index (χ0n) is 14.3. The maximum atomic E-state index is 13.8. The van der Waals surface area contributed by atoms with E-state index in [1.807, 2.05) is 70.5 Å². The first kappa shape index (κ1) is 16.7. The molecule has 5 heteroatoms. The fraction of sp³-hybridized carbons (Fsp3) is 0.143. The molecule has 0 radical (unpaired) electrons. The second-order valence-electron chi connectivity index (χ2n) is 6.43. The summed E-state index contributed by atoms with van der Waals surface area (Å²) in [5.41, 5.74) is 16.8. The minimum Gasteiger partial charge on any atom is -0.312 e. The van der Waals surface area contributed by atoms with Gasteiger partial charge in [-0.15, -0.1) is 0 Å². The minimum atomic E-state index is -0.512. The Kier molecular flexibility index (Phi) is 4.42. The molecule has 26 heavy (non-hydrogen) atoms. The molecule has 2 unspecified atom stereocenters. The largest absolute Gasteiger partial charge is 0.312 e. The number of hydrogen-bond acceptors (Lipinski definition) is 4. The van der Waals surface area contributed by atoms with Crippen molar-refractivity contribution in [2.45, 2.75) is 19.0 Å². The molecule has 3 aromatic rings. The highest BCUT2D eigenvalue weighted by Gasteiger charge is 2.36. The summed E-state index contributed by atoms with van der Waals surface area (Å²) in [5, 5.41) is 0. The average molecular weight is 348 g/mol. The van der Waals surface area contributed by atoms with Gasteiger partial charge in [0.2, 0.25) is 0 Å². The summed E-state index contributed by atoms with van der Waals surface area (Å²) in [5.74, 6) is -0.295. The summed E-state index contributed by atoms with van der Waals surface area (Å²) in [6.45, 7) is 0.601. The van der Waals surface area contributed by atoms with Crippen molar-refractivity contribution < 1.29 is 4.39 Å². The Morgan fingerprint density at radius 3 is 2.35 bits per heavy atom. The zero-order chi connectivity index (χ0) is 18.1. The monoisotopic (exact) mass is 348 g/mol. The Morgan fingerprint density at radius 1 is 0.846 bits per heavy atom. The molecule has 0 fully saturated rings. The molecule has 0 aliphatic carbocycles. The molecule has 0 saturated carbocycles. The number of fused-ring (bicyclic) bond motifs is 1. The SMILES string of the molecule is NC1c2ccccc2N(c2cccc(F)c2)C(N)N1Cc1ccccc1. The molecule has 1 heterocycles. The van der Waals surface area contributed by atoms with Crippen LogP contribution in [-0.4, -0.2) is 11.2 Å². The van der Waals surface area contributed by atoms with E-state index < -0.39 is 6.29 Å². The first-order valence-electron chi connectivity index (χ1n) is 8.60. The van der Waals surface area contributed by atoms with Gasteiger partial charge in [0.1, 0.15) is 12.1 Å². The Labute approximate surface area is 152 Å². The Bertz CT molecular complexity index is 899. The topological polar surface area (TPSA) is 58.5 Å². The van der Waals surface area contributed by atoms with Crippen LogP contribution in [0, 0.1) is 5.82 Å². The van der Waals surface area contributed by atoms with Crippen LogP contribution in [0.2, 0.25) is 0 Å². The molecule has 3 aromatic carbocycles. The van der Waals surface area contributed by atoms with Crippen LogP contribution >= 0.6 is 0 Å². The highest BCUT2D eigenvalue weighted by molar-refractivity contribution is 5.69. The molecule has 4 N–H and O–H groups in total. The summed E-state index contributed by atoms with van der Waals surface area (Å²) < 4.78 is 13.8. The maximum absolute atomic E-state index is 13.8. The molecule has 0 spiro atoms. The lowest BCUT2D eigenvalue weighted by molar-refractivity contribution is 0.121. The standard InChI is InChI=1S/C21H21FN4/c22-16-9-6-10-17(13-16)26-19-12-5-4-11-18(19)20(23)25(21(26)24)14-15-7-2-1-3-8-15/h1-13,20-21H,14,23-24H2.